The number of benzene rings is 1. The summed E-state index contributed by atoms with van der Waals surface area (Å²) in [4.78, 5) is 11.4. The zero-order valence-electron chi connectivity index (χ0n) is 9.88. The highest BCUT2D eigenvalue weighted by atomic mass is 16.5. The Hall–Kier alpha value is -1.59. The number of nitrogens with one attached hydrogen (secondary N) is 1. The molecule has 0 aliphatic rings. The van der Waals surface area contributed by atoms with Gasteiger partial charge in [-0.05, 0) is 19.4 Å². The maximum Gasteiger partial charge on any atom is 0.408 e. The van der Waals surface area contributed by atoms with Crippen molar-refractivity contribution in [1.82, 2.24) is 5.32 Å². The highest BCUT2D eigenvalue weighted by Crippen LogP contribution is 2.07. The van der Waals surface area contributed by atoms with Crippen molar-refractivity contribution in [2.75, 3.05) is 0 Å². The van der Waals surface area contributed by atoms with Gasteiger partial charge in [-0.15, -0.1) is 0 Å². The molecule has 0 spiro atoms. The van der Waals surface area contributed by atoms with Gasteiger partial charge in [0.1, 0.15) is 6.61 Å². The first-order valence-corrected chi connectivity index (χ1v) is 5.27. The van der Waals surface area contributed by atoms with Crippen LogP contribution in [-0.2, 0) is 11.3 Å². The number of amides is 1. The molecule has 1 rings (SSSR count). The van der Waals surface area contributed by atoms with Crippen LogP contribution in [-0.4, -0.2) is 28.1 Å². The van der Waals surface area contributed by atoms with E-state index in [2.05, 4.69) is 5.32 Å². The molecule has 0 radical (unpaired) electrons. The van der Waals surface area contributed by atoms with Gasteiger partial charge in [-0.2, -0.15) is 0 Å². The Bertz CT molecular complexity index is 362. The number of ether oxygens (including phenoxy) is 1. The van der Waals surface area contributed by atoms with E-state index < -0.39 is 17.9 Å². The molecule has 0 saturated carbocycles. The van der Waals surface area contributed by atoms with Crippen LogP contribution in [0.25, 0.3) is 0 Å². The van der Waals surface area contributed by atoms with Gasteiger partial charge in [0, 0.05) is 0 Å². The maximum atomic E-state index is 11.4. The fourth-order valence-electron chi connectivity index (χ4n) is 1.09. The molecule has 0 aliphatic carbocycles. The standard InChI is InChI=1S/C12H17NO4/c1-12(2,10(14)15)13-11(16)17-8-9-6-4-3-5-7-9/h3-7,10,14-15H,8H2,1-2H3,(H,13,16). The predicted molar refractivity (Wildman–Crippen MR) is 62.1 cm³/mol. The third-order valence-electron chi connectivity index (χ3n) is 2.28. The third-order valence-corrected chi connectivity index (χ3v) is 2.28. The summed E-state index contributed by atoms with van der Waals surface area (Å²) in [5.41, 5.74) is -0.279. The second kappa shape index (κ2) is 5.65. The van der Waals surface area contributed by atoms with Crippen LogP contribution in [0.5, 0.6) is 0 Å². The summed E-state index contributed by atoms with van der Waals surface area (Å²) < 4.78 is 4.94. The van der Waals surface area contributed by atoms with Crippen molar-refractivity contribution in [2.24, 2.45) is 0 Å². The quantitative estimate of drug-likeness (QED) is 0.685. The summed E-state index contributed by atoms with van der Waals surface area (Å²) in [7, 11) is 0. The molecule has 0 unspecified atom stereocenters. The lowest BCUT2D eigenvalue weighted by Crippen LogP contribution is -2.52. The Morgan fingerprint density at radius 1 is 1.35 bits per heavy atom. The van der Waals surface area contributed by atoms with Crippen LogP contribution in [0.3, 0.4) is 0 Å². The first-order valence-electron chi connectivity index (χ1n) is 5.27. The maximum absolute atomic E-state index is 11.4. The number of aliphatic hydroxyl groups is 2. The summed E-state index contributed by atoms with van der Waals surface area (Å²) in [6.07, 6.45) is -2.33. The topological polar surface area (TPSA) is 78.8 Å². The number of carbonyl (C=O) groups is 1. The SMILES string of the molecule is CC(C)(NC(=O)OCc1ccccc1)C(O)O. The molecule has 3 N–H and O–H groups in total. The first kappa shape index (κ1) is 13.5. The monoisotopic (exact) mass is 239 g/mol. The highest BCUT2D eigenvalue weighted by molar-refractivity contribution is 5.68. The summed E-state index contributed by atoms with van der Waals surface area (Å²) >= 11 is 0. The molecule has 0 heterocycles. The van der Waals surface area contributed by atoms with E-state index in [-0.39, 0.29) is 6.61 Å². The fourth-order valence-corrected chi connectivity index (χ4v) is 1.09. The molecule has 0 bridgehead atoms. The molecular formula is C12H17NO4. The summed E-state index contributed by atoms with van der Waals surface area (Å²) in [6.45, 7) is 3.12. The van der Waals surface area contributed by atoms with Crippen molar-refractivity contribution >= 4 is 6.09 Å². The molecular weight excluding hydrogens is 222 g/mol. The fraction of sp³-hybridized carbons (Fsp3) is 0.417. The first-order chi connectivity index (χ1) is 7.92. The van der Waals surface area contributed by atoms with Gasteiger partial charge in [0.05, 0.1) is 5.54 Å². The third kappa shape index (κ3) is 4.42. The van der Waals surface area contributed by atoms with Crippen LogP contribution < -0.4 is 5.32 Å². The Labute approximate surface area is 100 Å². The Kier molecular flexibility index (Phi) is 4.48. The molecule has 0 aliphatic heterocycles. The van der Waals surface area contributed by atoms with E-state index in [0.29, 0.717) is 0 Å². The highest BCUT2D eigenvalue weighted by Gasteiger charge is 2.28. The van der Waals surface area contributed by atoms with Crippen molar-refractivity contribution in [2.45, 2.75) is 32.3 Å². The number of rotatable bonds is 4. The van der Waals surface area contributed by atoms with E-state index in [1.165, 1.54) is 13.8 Å². The Balaban J connectivity index is 2.41. The zero-order chi connectivity index (χ0) is 12.9. The molecule has 5 nitrogen and oxygen atoms in total. The predicted octanol–water partition coefficient (Wildman–Crippen LogP) is 1.00. The number of hydrogen-bond acceptors (Lipinski definition) is 4. The average Bonchev–Trinajstić information content (AvgIpc) is 2.27. The number of hydrogen-bond donors (Lipinski definition) is 3. The van der Waals surface area contributed by atoms with Gasteiger partial charge < -0.3 is 20.3 Å². The normalized spacial score (nSPS) is 11.4. The van der Waals surface area contributed by atoms with Crippen molar-refractivity contribution < 1.29 is 19.7 Å². The minimum atomic E-state index is -1.65. The zero-order valence-corrected chi connectivity index (χ0v) is 9.88. The Morgan fingerprint density at radius 3 is 2.47 bits per heavy atom. The van der Waals surface area contributed by atoms with E-state index in [1.54, 1.807) is 0 Å². The molecule has 17 heavy (non-hydrogen) atoms. The lowest BCUT2D eigenvalue weighted by Gasteiger charge is -2.27. The summed E-state index contributed by atoms with van der Waals surface area (Å²) in [5, 5.41) is 20.4. The molecule has 5 heteroatoms. The smallest absolute Gasteiger partial charge is 0.408 e. The molecule has 1 aromatic rings. The number of alkyl carbamates (subject to hydrolysis) is 1. The lowest BCUT2D eigenvalue weighted by atomic mass is 10.1. The van der Waals surface area contributed by atoms with Gasteiger partial charge >= 0.3 is 6.09 Å². The van der Waals surface area contributed by atoms with Gasteiger partial charge in [-0.1, -0.05) is 30.3 Å². The molecule has 1 amide bonds. The van der Waals surface area contributed by atoms with Crippen LogP contribution in [0.15, 0.2) is 30.3 Å². The molecule has 0 saturated heterocycles. The van der Waals surface area contributed by atoms with E-state index >= 15 is 0 Å². The van der Waals surface area contributed by atoms with Crippen LogP contribution in [0.4, 0.5) is 4.79 Å². The van der Waals surface area contributed by atoms with Crippen LogP contribution in [0, 0.1) is 0 Å². The number of aliphatic hydroxyl groups excluding tert-OH is 1. The van der Waals surface area contributed by atoms with Crippen LogP contribution in [0.1, 0.15) is 19.4 Å². The lowest BCUT2D eigenvalue weighted by molar-refractivity contribution is -0.0952. The second-order valence-corrected chi connectivity index (χ2v) is 4.28. The van der Waals surface area contributed by atoms with Gasteiger partial charge in [-0.3, -0.25) is 0 Å². The molecule has 0 fully saturated rings. The van der Waals surface area contributed by atoms with E-state index in [4.69, 9.17) is 14.9 Å². The molecule has 0 aromatic heterocycles. The van der Waals surface area contributed by atoms with Crippen molar-refractivity contribution in [1.29, 1.82) is 0 Å². The van der Waals surface area contributed by atoms with E-state index in [0.717, 1.165) is 5.56 Å². The average molecular weight is 239 g/mol. The van der Waals surface area contributed by atoms with Crippen molar-refractivity contribution in [3.05, 3.63) is 35.9 Å². The van der Waals surface area contributed by atoms with Gasteiger partial charge in [0.2, 0.25) is 0 Å². The van der Waals surface area contributed by atoms with Gasteiger partial charge in [0.25, 0.3) is 0 Å². The summed E-state index contributed by atoms with van der Waals surface area (Å²) in [6, 6.07) is 9.23. The largest absolute Gasteiger partial charge is 0.445 e. The van der Waals surface area contributed by atoms with Gasteiger partial charge in [-0.25, -0.2) is 4.79 Å². The van der Waals surface area contributed by atoms with Gasteiger partial charge in [0.15, 0.2) is 6.29 Å². The van der Waals surface area contributed by atoms with E-state index in [9.17, 15) is 4.79 Å². The van der Waals surface area contributed by atoms with Crippen molar-refractivity contribution in [3.8, 4) is 0 Å². The minimum absolute atomic E-state index is 0.143. The number of carbonyl (C=O) groups excluding carboxylic acids is 1. The Morgan fingerprint density at radius 2 is 1.94 bits per heavy atom. The molecule has 94 valence electrons. The molecule has 1 aromatic carbocycles. The summed E-state index contributed by atoms with van der Waals surface area (Å²) in [5.74, 6) is 0. The van der Waals surface area contributed by atoms with Crippen molar-refractivity contribution in [3.63, 3.8) is 0 Å². The second-order valence-electron chi connectivity index (χ2n) is 4.28. The van der Waals surface area contributed by atoms with Crippen LogP contribution in [0.2, 0.25) is 0 Å². The molecule has 0 atom stereocenters. The van der Waals surface area contributed by atoms with E-state index in [1.807, 2.05) is 30.3 Å². The minimum Gasteiger partial charge on any atom is -0.445 e. The van der Waals surface area contributed by atoms with Crippen LogP contribution >= 0.6 is 0 Å².